The molecule has 2 aromatic rings. The van der Waals surface area contributed by atoms with Crippen molar-refractivity contribution in [1.82, 2.24) is 0 Å². The van der Waals surface area contributed by atoms with E-state index in [1.54, 1.807) is 28.4 Å². The minimum absolute atomic E-state index is 0.0845. The van der Waals surface area contributed by atoms with Crippen molar-refractivity contribution in [2.45, 2.75) is 12.8 Å². The van der Waals surface area contributed by atoms with Crippen LogP contribution in [0, 0.1) is 0 Å². The van der Waals surface area contributed by atoms with Gasteiger partial charge in [-0.3, -0.25) is 4.79 Å². The van der Waals surface area contributed by atoms with Crippen molar-refractivity contribution in [2.24, 2.45) is 5.73 Å². The van der Waals surface area contributed by atoms with E-state index in [1.807, 2.05) is 30.3 Å². The Hall–Kier alpha value is -2.93. The van der Waals surface area contributed by atoms with Gasteiger partial charge in [0.25, 0.3) is 0 Å². The highest BCUT2D eigenvalue weighted by molar-refractivity contribution is 5.93. The summed E-state index contributed by atoms with van der Waals surface area (Å²) in [6, 6.07) is 9.56. The Balaban J connectivity index is 2.21. The number of rotatable bonds is 9. The maximum atomic E-state index is 11.6. The zero-order valence-electron chi connectivity index (χ0n) is 16.1. The number of anilines is 1. The summed E-state index contributed by atoms with van der Waals surface area (Å²) >= 11 is 0. The van der Waals surface area contributed by atoms with Crippen LogP contribution in [0.2, 0.25) is 0 Å². The van der Waals surface area contributed by atoms with Crippen molar-refractivity contribution in [1.29, 1.82) is 0 Å². The molecule has 0 heterocycles. The Morgan fingerprint density at radius 1 is 0.852 bits per heavy atom. The lowest BCUT2D eigenvalue weighted by atomic mass is 10.0. The van der Waals surface area contributed by atoms with E-state index >= 15 is 0 Å². The second-order valence-electron chi connectivity index (χ2n) is 5.82. The molecule has 0 saturated carbocycles. The number of ether oxygens (including phenoxy) is 4. The molecule has 3 N–H and O–H groups in total. The number of aryl methyl sites for hydroxylation is 2. The van der Waals surface area contributed by atoms with E-state index in [4.69, 9.17) is 24.7 Å². The van der Waals surface area contributed by atoms with Crippen LogP contribution in [0.3, 0.4) is 0 Å². The number of nitrogens with two attached hydrogens (primary N) is 1. The number of hydrogen-bond donors (Lipinski definition) is 2. The first-order valence-corrected chi connectivity index (χ1v) is 8.52. The van der Waals surface area contributed by atoms with E-state index in [0.29, 0.717) is 28.7 Å². The lowest BCUT2D eigenvalue weighted by Crippen LogP contribution is -2.22. The highest BCUT2D eigenvalue weighted by atomic mass is 16.5. The SMILES string of the molecule is COc1ccc(CCc2cc(OC)c(OC)c(OC)c2)cc1NC(=O)CN. The number of nitrogens with one attached hydrogen (secondary N) is 1. The van der Waals surface area contributed by atoms with E-state index in [1.165, 1.54) is 0 Å². The fourth-order valence-corrected chi connectivity index (χ4v) is 2.78. The standard InChI is InChI=1S/C20H26N2O5/c1-24-16-8-7-13(9-15(16)22-19(23)12-21)5-6-14-10-17(25-2)20(27-4)18(11-14)26-3/h7-11H,5-6,12,21H2,1-4H3,(H,22,23). The molecule has 0 aliphatic heterocycles. The molecule has 0 aromatic heterocycles. The number of amides is 1. The van der Waals surface area contributed by atoms with E-state index in [-0.39, 0.29) is 12.5 Å². The minimum Gasteiger partial charge on any atom is -0.495 e. The average molecular weight is 374 g/mol. The van der Waals surface area contributed by atoms with Gasteiger partial charge in [-0.1, -0.05) is 6.07 Å². The summed E-state index contributed by atoms with van der Waals surface area (Å²) in [5.74, 6) is 2.14. The van der Waals surface area contributed by atoms with Crippen LogP contribution in [-0.2, 0) is 17.6 Å². The fraction of sp³-hybridized carbons (Fsp3) is 0.350. The summed E-state index contributed by atoms with van der Waals surface area (Å²) in [7, 11) is 6.32. The Labute approximate surface area is 159 Å². The van der Waals surface area contributed by atoms with E-state index in [9.17, 15) is 4.79 Å². The van der Waals surface area contributed by atoms with Crippen LogP contribution in [-0.4, -0.2) is 40.9 Å². The van der Waals surface area contributed by atoms with Gasteiger partial charge >= 0.3 is 0 Å². The van der Waals surface area contributed by atoms with E-state index < -0.39 is 0 Å². The first kappa shape index (κ1) is 20.4. The molecule has 2 rings (SSSR count). The molecule has 1 amide bonds. The number of hydrogen-bond acceptors (Lipinski definition) is 6. The monoisotopic (exact) mass is 374 g/mol. The number of benzene rings is 2. The second-order valence-corrected chi connectivity index (χ2v) is 5.82. The first-order chi connectivity index (χ1) is 13.1. The lowest BCUT2D eigenvalue weighted by molar-refractivity contribution is -0.114. The van der Waals surface area contributed by atoms with Gasteiger partial charge in [0.2, 0.25) is 11.7 Å². The number of methoxy groups -OCH3 is 4. The largest absolute Gasteiger partial charge is 0.495 e. The first-order valence-electron chi connectivity index (χ1n) is 8.52. The highest BCUT2D eigenvalue weighted by Crippen LogP contribution is 2.38. The molecule has 7 nitrogen and oxygen atoms in total. The molecular weight excluding hydrogens is 348 g/mol. The van der Waals surface area contributed by atoms with Crippen molar-refractivity contribution in [3.05, 3.63) is 41.5 Å². The Morgan fingerprint density at radius 3 is 1.96 bits per heavy atom. The van der Waals surface area contributed by atoms with Crippen LogP contribution in [0.5, 0.6) is 23.0 Å². The minimum atomic E-state index is -0.268. The van der Waals surface area contributed by atoms with Gasteiger partial charge in [0.05, 0.1) is 40.7 Å². The zero-order valence-corrected chi connectivity index (χ0v) is 16.1. The summed E-state index contributed by atoms with van der Waals surface area (Å²) in [5, 5.41) is 2.76. The normalized spacial score (nSPS) is 10.3. The van der Waals surface area contributed by atoms with Gasteiger partial charge in [0.15, 0.2) is 11.5 Å². The molecule has 0 fully saturated rings. The molecule has 0 saturated heterocycles. The van der Waals surface area contributed by atoms with Crippen molar-refractivity contribution in [3.8, 4) is 23.0 Å². The predicted molar refractivity (Wildman–Crippen MR) is 104 cm³/mol. The molecular formula is C20H26N2O5. The molecule has 0 spiro atoms. The summed E-state index contributed by atoms with van der Waals surface area (Å²) in [4.78, 5) is 11.6. The summed E-state index contributed by atoms with van der Waals surface area (Å²) < 4.78 is 21.4. The molecule has 146 valence electrons. The summed E-state index contributed by atoms with van der Waals surface area (Å²) in [6.45, 7) is -0.0845. The topological polar surface area (TPSA) is 92.0 Å². The van der Waals surface area contributed by atoms with Gasteiger partial charge in [0.1, 0.15) is 5.75 Å². The molecule has 2 aromatic carbocycles. The van der Waals surface area contributed by atoms with Gasteiger partial charge in [-0.15, -0.1) is 0 Å². The van der Waals surface area contributed by atoms with Gasteiger partial charge < -0.3 is 30.0 Å². The van der Waals surface area contributed by atoms with Crippen LogP contribution in [0.1, 0.15) is 11.1 Å². The molecule has 0 radical (unpaired) electrons. The van der Waals surface area contributed by atoms with Crippen molar-refractivity contribution < 1.29 is 23.7 Å². The maximum absolute atomic E-state index is 11.6. The maximum Gasteiger partial charge on any atom is 0.238 e. The van der Waals surface area contributed by atoms with Gasteiger partial charge in [-0.25, -0.2) is 0 Å². The van der Waals surface area contributed by atoms with E-state index in [2.05, 4.69) is 5.32 Å². The zero-order chi connectivity index (χ0) is 19.8. The molecule has 0 aliphatic rings. The van der Waals surface area contributed by atoms with Crippen LogP contribution in [0.25, 0.3) is 0 Å². The highest BCUT2D eigenvalue weighted by Gasteiger charge is 2.13. The van der Waals surface area contributed by atoms with Crippen LogP contribution >= 0.6 is 0 Å². The molecule has 0 bridgehead atoms. The third-order valence-electron chi connectivity index (χ3n) is 4.15. The molecule has 0 aliphatic carbocycles. The molecule has 7 heteroatoms. The quantitative estimate of drug-likeness (QED) is 0.700. The third kappa shape index (κ3) is 5.04. The van der Waals surface area contributed by atoms with Gasteiger partial charge in [-0.05, 0) is 48.2 Å². The number of carbonyl (C=O) groups is 1. The second kappa shape index (κ2) is 9.68. The Bertz CT molecular complexity index is 767. The Kier molecular flexibility index (Phi) is 7.31. The average Bonchev–Trinajstić information content (AvgIpc) is 2.71. The van der Waals surface area contributed by atoms with E-state index in [0.717, 1.165) is 24.0 Å². The Morgan fingerprint density at radius 2 is 1.44 bits per heavy atom. The smallest absolute Gasteiger partial charge is 0.238 e. The van der Waals surface area contributed by atoms with Crippen LogP contribution < -0.4 is 30.0 Å². The van der Waals surface area contributed by atoms with Crippen LogP contribution in [0.15, 0.2) is 30.3 Å². The van der Waals surface area contributed by atoms with Crippen molar-refractivity contribution in [2.75, 3.05) is 40.3 Å². The lowest BCUT2D eigenvalue weighted by Gasteiger charge is -2.15. The molecule has 0 atom stereocenters. The predicted octanol–water partition coefficient (Wildman–Crippen LogP) is 2.40. The van der Waals surface area contributed by atoms with Gasteiger partial charge in [-0.2, -0.15) is 0 Å². The van der Waals surface area contributed by atoms with Crippen molar-refractivity contribution in [3.63, 3.8) is 0 Å². The fourth-order valence-electron chi connectivity index (χ4n) is 2.78. The van der Waals surface area contributed by atoms with Crippen LogP contribution in [0.4, 0.5) is 5.69 Å². The van der Waals surface area contributed by atoms with Gasteiger partial charge in [0, 0.05) is 0 Å². The molecule has 27 heavy (non-hydrogen) atoms. The number of carbonyl (C=O) groups excluding carboxylic acids is 1. The summed E-state index contributed by atoms with van der Waals surface area (Å²) in [6.07, 6.45) is 1.52. The third-order valence-corrected chi connectivity index (χ3v) is 4.15. The summed E-state index contributed by atoms with van der Waals surface area (Å²) in [5.41, 5.74) is 8.08. The molecule has 0 unspecified atom stereocenters. The van der Waals surface area contributed by atoms with Crippen molar-refractivity contribution >= 4 is 11.6 Å².